The summed E-state index contributed by atoms with van der Waals surface area (Å²) in [5.41, 5.74) is 11.5. The van der Waals surface area contributed by atoms with Gasteiger partial charge in [-0.25, -0.2) is 0 Å². The number of carbonyl (C=O) groups is 3. The van der Waals surface area contributed by atoms with Gasteiger partial charge >= 0.3 is 0 Å². The van der Waals surface area contributed by atoms with E-state index in [1.807, 2.05) is 19.9 Å². The van der Waals surface area contributed by atoms with E-state index in [2.05, 4.69) is 16.0 Å². The Labute approximate surface area is 144 Å². The average molecular weight is 345 g/mol. The lowest BCUT2D eigenvalue weighted by molar-refractivity contribution is -0.130. The zero-order valence-corrected chi connectivity index (χ0v) is 13.9. The number of amides is 3. The van der Waals surface area contributed by atoms with Crippen molar-refractivity contribution in [2.45, 2.75) is 20.4 Å². The molecular weight excluding hydrogens is 326 g/mol. The third-order valence-corrected chi connectivity index (χ3v) is 3.25. The molecule has 2 rings (SSSR count). The first-order chi connectivity index (χ1) is 11.9. The molecule has 0 aliphatic heterocycles. The van der Waals surface area contributed by atoms with Crippen molar-refractivity contribution in [2.24, 2.45) is 5.73 Å². The van der Waals surface area contributed by atoms with Crippen molar-refractivity contribution in [3.8, 4) is 5.75 Å². The van der Waals surface area contributed by atoms with Gasteiger partial charge in [-0.05, 0) is 32.0 Å². The molecule has 0 radical (unpaired) electrons. The summed E-state index contributed by atoms with van der Waals surface area (Å²) < 4.78 is 6.78. The highest BCUT2D eigenvalue weighted by Gasteiger charge is 2.11. The number of aromatic nitrogens is 2. The number of carbonyl (C=O) groups excluding carboxylic acids is 3. The molecule has 0 aliphatic carbocycles. The second kappa shape index (κ2) is 7.95. The first kappa shape index (κ1) is 18.0. The van der Waals surface area contributed by atoms with Crippen LogP contribution < -0.4 is 21.3 Å². The van der Waals surface area contributed by atoms with Gasteiger partial charge in [0.1, 0.15) is 12.3 Å². The minimum atomic E-state index is -0.658. The van der Waals surface area contributed by atoms with Gasteiger partial charge < -0.3 is 10.5 Å². The van der Waals surface area contributed by atoms with Crippen LogP contribution in [0.4, 0.5) is 0 Å². The summed E-state index contributed by atoms with van der Waals surface area (Å²) >= 11 is 0. The van der Waals surface area contributed by atoms with Gasteiger partial charge in [-0.15, -0.1) is 0 Å². The summed E-state index contributed by atoms with van der Waals surface area (Å²) in [5, 5.41) is 4.15. The van der Waals surface area contributed by atoms with Crippen molar-refractivity contribution in [3.05, 3.63) is 47.3 Å². The second-order valence-electron chi connectivity index (χ2n) is 5.33. The molecule has 1 heterocycles. The minimum Gasteiger partial charge on any atom is -0.483 e. The number of ether oxygens (including phenoxy) is 1. The van der Waals surface area contributed by atoms with E-state index >= 15 is 0 Å². The van der Waals surface area contributed by atoms with Crippen LogP contribution >= 0.6 is 0 Å². The zero-order valence-electron chi connectivity index (χ0n) is 13.9. The fraction of sp³-hybridized carbons (Fsp3) is 0.250. The molecule has 9 nitrogen and oxygen atoms in total. The van der Waals surface area contributed by atoms with E-state index in [-0.39, 0.29) is 24.5 Å². The highest BCUT2D eigenvalue weighted by molar-refractivity contribution is 5.95. The maximum Gasteiger partial charge on any atom is 0.276 e. The van der Waals surface area contributed by atoms with Gasteiger partial charge in [0.2, 0.25) is 0 Å². The van der Waals surface area contributed by atoms with Crippen molar-refractivity contribution >= 4 is 17.7 Å². The summed E-state index contributed by atoms with van der Waals surface area (Å²) in [7, 11) is 0. The number of hydrogen-bond donors (Lipinski definition) is 3. The molecule has 3 amide bonds. The van der Waals surface area contributed by atoms with Crippen LogP contribution in [0, 0.1) is 13.8 Å². The lowest BCUT2D eigenvalue weighted by Crippen LogP contribution is -2.45. The van der Waals surface area contributed by atoms with Crippen LogP contribution in [0.15, 0.2) is 30.3 Å². The van der Waals surface area contributed by atoms with Gasteiger partial charge in [0.25, 0.3) is 17.7 Å². The highest BCUT2D eigenvalue weighted by Crippen LogP contribution is 2.16. The molecule has 25 heavy (non-hydrogen) atoms. The summed E-state index contributed by atoms with van der Waals surface area (Å²) in [5.74, 6) is -1.48. The standard InChI is InChI=1S/C16H19N5O4/c1-10-7-11(2)21(20-10)8-14(22)18-19-15(23)9-25-13-6-4-3-5-12(13)16(17)24/h3-7H,8-9H2,1-2H3,(H2,17,24)(H,18,22)(H,19,23). The molecule has 0 bridgehead atoms. The molecule has 0 fully saturated rings. The highest BCUT2D eigenvalue weighted by atomic mass is 16.5. The quantitative estimate of drug-likeness (QED) is 0.626. The SMILES string of the molecule is Cc1cc(C)n(CC(=O)NNC(=O)COc2ccccc2C(N)=O)n1. The fourth-order valence-electron chi connectivity index (χ4n) is 2.13. The Morgan fingerprint density at radius 2 is 1.84 bits per heavy atom. The topological polar surface area (TPSA) is 128 Å². The van der Waals surface area contributed by atoms with Crippen molar-refractivity contribution < 1.29 is 19.1 Å². The summed E-state index contributed by atoms with van der Waals surface area (Å²) in [4.78, 5) is 34.8. The normalized spacial score (nSPS) is 10.2. The first-order valence-electron chi connectivity index (χ1n) is 7.47. The predicted molar refractivity (Wildman–Crippen MR) is 88.4 cm³/mol. The Hall–Kier alpha value is -3.36. The molecule has 2 aromatic rings. The van der Waals surface area contributed by atoms with Crippen molar-refractivity contribution in [1.29, 1.82) is 0 Å². The molecule has 0 saturated heterocycles. The van der Waals surface area contributed by atoms with E-state index in [4.69, 9.17) is 10.5 Å². The van der Waals surface area contributed by atoms with Gasteiger partial charge in [0.15, 0.2) is 6.61 Å². The Morgan fingerprint density at radius 3 is 2.48 bits per heavy atom. The number of nitrogens with two attached hydrogens (primary N) is 1. The van der Waals surface area contributed by atoms with E-state index in [0.717, 1.165) is 11.4 Å². The van der Waals surface area contributed by atoms with Gasteiger partial charge in [0.05, 0.1) is 11.3 Å². The van der Waals surface area contributed by atoms with Crippen LogP contribution in [0.25, 0.3) is 0 Å². The second-order valence-corrected chi connectivity index (χ2v) is 5.33. The fourth-order valence-corrected chi connectivity index (χ4v) is 2.13. The molecule has 1 aromatic heterocycles. The number of primary amides is 1. The van der Waals surface area contributed by atoms with E-state index in [1.165, 1.54) is 16.8 Å². The Morgan fingerprint density at radius 1 is 1.16 bits per heavy atom. The van der Waals surface area contributed by atoms with E-state index in [1.54, 1.807) is 12.1 Å². The Kier molecular flexibility index (Phi) is 5.72. The smallest absolute Gasteiger partial charge is 0.276 e. The molecular formula is C16H19N5O4. The van der Waals surface area contributed by atoms with Gasteiger partial charge in [0, 0.05) is 5.69 Å². The van der Waals surface area contributed by atoms with Gasteiger partial charge in [-0.2, -0.15) is 5.10 Å². The van der Waals surface area contributed by atoms with Gasteiger partial charge in [-0.3, -0.25) is 29.9 Å². The summed E-state index contributed by atoms with van der Waals surface area (Å²) in [6, 6.07) is 8.14. The number of hydrazine groups is 1. The Balaban J connectivity index is 1.80. The van der Waals surface area contributed by atoms with Crippen molar-refractivity contribution in [2.75, 3.05) is 6.61 Å². The van der Waals surface area contributed by atoms with Crippen LogP contribution in [-0.4, -0.2) is 34.1 Å². The number of rotatable bonds is 6. The molecule has 1 aromatic carbocycles. The molecule has 0 aliphatic rings. The first-order valence-corrected chi connectivity index (χ1v) is 7.47. The zero-order chi connectivity index (χ0) is 18.4. The van der Waals surface area contributed by atoms with Crippen LogP contribution in [0.3, 0.4) is 0 Å². The molecule has 0 spiro atoms. The lowest BCUT2D eigenvalue weighted by atomic mass is 10.2. The van der Waals surface area contributed by atoms with Crippen LogP contribution in [-0.2, 0) is 16.1 Å². The maximum atomic E-state index is 11.8. The Bertz CT molecular complexity index is 800. The number of nitrogens with zero attached hydrogens (tertiary/aromatic N) is 2. The van der Waals surface area contributed by atoms with Crippen LogP contribution in [0.5, 0.6) is 5.75 Å². The van der Waals surface area contributed by atoms with Crippen LogP contribution in [0.1, 0.15) is 21.7 Å². The lowest BCUT2D eigenvalue weighted by Gasteiger charge is -2.11. The van der Waals surface area contributed by atoms with Gasteiger partial charge in [-0.1, -0.05) is 12.1 Å². The van der Waals surface area contributed by atoms with E-state index in [0.29, 0.717) is 0 Å². The number of para-hydroxylation sites is 1. The number of benzene rings is 1. The predicted octanol–water partition coefficient (Wildman–Crippen LogP) is -0.175. The number of nitrogens with one attached hydrogen (secondary N) is 2. The largest absolute Gasteiger partial charge is 0.483 e. The maximum absolute atomic E-state index is 11.8. The minimum absolute atomic E-state index is 0.0225. The molecule has 0 atom stereocenters. The summed E-state index contributed by atoms with van der Waals surface area (Å²) in [6.45, 7) is 3.25. The monoisotopic (exact) mass is 345 g/mol. The average Bonchev–Trinajstić information content (AvgIpc) is 2.88. The summed E-state index contributed by atoms with van der Waals surface area (Å²) in [6.07, 6.45) is 0. The number of aryl methyl sites for hydroxylation is 2. The number of hydrogen-bond acceptors (Lipinski definition) is 5. The third kappa shape index (κ3) is 5.06. The molecule has 132 valence electrons. The molecule has 0 saturated carbocycles. The van der Waals surface area contributed by atoms with Crippen LogP contribution in [0.2, 0.25) is 0 Å². The molecule has 0 unspecified atom stereocenters. The molecule has 4 N–H and O–H groups in total. The molecule has 9 heteroatoms. The van der Waals surface area contributed by atoms with Crippen molar-refractivity contribution in [3.63, 3.8) is 0 Å². The van der Waals surface area contributed by atoms with E-state index < -0.39 is 17.7 Å². The van der Waals surface area contributed by atoms with Crippen molar-refractivity contribution in [1.82, 2.24) is 20.6 Å². The third-order valence-electron chi connectivity index (χ3n) is 3.25. The van der Waals surface area contributed by atoms with E-state index in [9.17, 15) is 14.4 Å².